The second-order valence-corrected chi connectivity index (χ2v) is 4.24. The number of nitrogens with zero attached hydrogens (tertiary/aromatic N) is 2. The van der Waals surface area contributed by atoms with E-state index in [0.29, 0.717) is 15.3 Å². The van der Waals surface area contributed by atoms with Gasteiger partial charge in [0.2, 0.25) is 0 Å². The van der Waals surface area contributed by atoms with Crippen LogP contribution < -0.4 is 0 Å². The third-order valence-corrected chi connectivity index (χ3v) is 3.13. The molecule has 0 aliphatic heterocycles. The van der Waals surface area contributed by atoms with Crippen molar-refractivity contribution in [2.75, 3.05) is 0 Å². The van der Waals surface area contributed by atoms with E-state index in [4.69, 9.17) is 34.8 Å². The molecule has 2 rings (SSSR count). The third-order valence-electron chi connectivity index (χ3n) is 2.09. The summed E-state index contributed by atoms with van der Waals surface area (Å²) < 4.78 is 1.73. The molecule has 1 aromatic heterocycles. The van der Waals surface area contributed by atoms with E-state index < -0.39 is 0 Å². The second-order valence-electron chi connectivity index (χ2n) is 3.08. The van der Waals surface area contributed by atoms with Crippen LogP contribution in [0.15, 0.2) is 24.3 Å². The molecule has 2 nitrogen and oxygen atoms in total. The first-order chi connectivity index (χ1) is 7.09. The Morgan fingerprint density at radius 2 is 1.67 bits per heavy atom. The fraction of sp³-hybridized carbons (Fsp3) is 0.100. The maximum Gasteiger partial charge on any atom is 0.166 e. The topological polar surface area (TPSA) is 17.8 Å². The highest BCUT2D eigenvalue weighted by atomic mass is 35.5. The molecule has 0 atom stereocenters. The largest absolute Gasteiger partial charge is 0.317 e. The van der Waals surface area contributed by atoms with Crippen LogP contribution in [-0.2, 0) is 7.05 Å². The summed E-state index contributed by atoms with van der Waals surface area (Å²) in [6.07, 6.45) is 0. The van der Waals surface area contributed by atoms with Crippen LogP contribution in [0, 0.1) is 0 Å². The molecule has 0 saturated carbocycles. The molecule has 1 aromatic carbocycles. The molecule has 0 N–H and O–H groups in total. The van der Waals surface area contributed by atoms with Crippen molar-refractivity contribution >= 4 is 34.8 Å². The maximum absolute atomic E-state index is 5.92. The van der Waals surface area contributed by atoms with E-state index in [1.807, 2.05) is 19.2 Å². The number of halogens is 3. The summed E-state index contributed by atoms with van der Waals surface area (Å²) >= 11 is 17.5. The lowest BCUT2D eigenvalue weighted by molar-refractivity contribution is 0.926. The van der Waals surface area contributed by atoms with Crippen LogP contribution in [0.5, 0.6) is 0 Å². The van der Waals surface area contributed by atoms with Crippen molar-refractivity contribution in [1.82, 2.24) is 9.55 Å². The Morgan fingerprint density at radius 3 is 2.13 bits per heavy atom. The molecule has 0 saturated heterocycles. The fourth-order valence-electron chi connectivity index (χ4n) is 1.30. The summed E-state index contributed by atoms with van der Waals surface area (Å²) in [5.41, 5.74) is 0.927. The van der Waals surface area contributed by atoms with Gasteiger partial charge >= 0.3 is 0 Å². The fourth-order valence-corrected chi connectivity index (χ4v) is 1.76. The van der Waals surface area contributed by atoms with Crippen LogP contribution >= 0.6 is 34.8 Å². The molecule has 78 valence electrons. The molecule has 0 spiro atoms. The van der Waals surface area contributed by atoms with Crippen LogP contribution in [0.25, 0.3) is 11.4 Å². The predicted octanol–water partition coefficient (Wildman–Crippen LogP) is 4.05. The number of aromatic nitrogens is 2. The van der Waals surface area contributed by atoms with Gasteiger partial charge in [-0.25, -0.2) is 4.98 Å². The number of imidazole rings is 1. The Labute approximate surface area is 102 Å². The van der Waals surface area contributed by atoms with Gasteiger partial charge < -0.3 is 4.57 Å². The molecule has 0 aliphatic rings. The van der Waals surface area contributed by atoms with Gasteiger partial charge in [-0.1, -0.05) is 34.8 Å². The average molecular weight is 262 g/mol. The van der Waals surface area contributed by atoms with E-state index in [1.165, 1.54) is 0 Å². The molecular formula is C10H7Cl3N2. The predicted molar refractivity (Wildman–Crippen MR) is 63.7 cm³/mol. The van der Waals surface area contributed by atoms with E-state index in [1.54, 1.807) is 16.7 Å². The number of hydrogen-bond donors (Lipinski definition) is 0. The lowest BCUT2D eigenvalue weighted by Crippen LogP contribution is -1.92. The second kappa shape index (κ2) is 4.05. The first-order valence-electron chi connectivity index (χ1n) is 4.23. The summed E-state index contributed by atoms with van der Waals surface area (Å²) in [6, 6.07) is 7.34. The molecule has 0 unspecified atom stereocenters. The van der Waals surface area contributed by atoms with Gasteiger partial charge in [0.1, 0.15) is 11.0 Å². The standard InChI is InChI=1S/C10H7Cl3N2/c1-15-9(13)8(12)14-10(15)6-2-4-7(11)5-3-6/h2-5H,1H3. The highest BCUT2D eigenvalue weighted by Crippen LogP contribution is 2.28. The average Bonchev–Trinajstić information content (AvgIpc) is 2.47. The van der Waals surface area contributed by atoms with Crippen molar-refractivity contribution in [3.63, 3.8) is 0 Å². The van der Waals surface area contributed by atoms with E-state index >= 15 is 0 Å². The SMILES string of the molecule is Cn1c(-c2ccc(Cl)cc2)nc(Cl)c1Cl. The van der Waals surface area contributed by atoms with E-state index in [2.05, 4.69) is 4.98 Å². The molecule has 0 amide bonds. The van der Waals surface area contributed by atoms with Crippen molar-refractivity contribution in [2.24, 2.45) is 7.05 Å². The van der Waals surface area contributed by atoms with Crippen molar-refractivity contribution in [3.8, 4) is 11.4 Å². The van der Waals surface area contributed by atoms with Gasteiger partial charge in [0.15, 0.2) is 5.15 Å². The summed E-state index contributed by atoms with van der Waals surface area (Å²) in [7, 11) is 1.81. The van der Waals surface area contributed by atoms with E-state index in [-0.39, 0.29) is 0 Å². The smallest absolute Gasteiger partial charge is 0.166 e. The van der Waals surface area contributed by atoms with Gasteiger partial charge in [0, 0.05) is 17.6 Å². The molecular weight excluding hydrogens is 254 g/mol. The van der Waals surface area contributed by atoms with Crippen LogP contribution in [0.3, 0.4) is 0 Å². The Hall–Kier alpha value is -0.700. The zero-order valence-corrected chi connectivity index (χ0v) is 10.1. The Bertz CT molecular complexity index is 488. The van der Waals surface area contributed by atoms with Crippen LogP contribution in [0.4, 0.5) is 0 Å². The first-order valence-corrected chi connectivity index (χ1v) is 5.36. The summed E-state index contributed by atoms with van der Waals surface area (Å²) in [4.78, 5) is 4.16. The molecule has 0 aliphatic carbocycles. The zero-order valence-electron chi connectivity index (χ0n) is 7.84. The quantitative estimate of drug-likeness (QED) is 0.757. The first kappa shape index (κ1) is 10.8. The molecule has 5 heteroatoms. The van der Waals surface area contributed by atoms with Crippen molar-refractivity contribution < 1.29 is 0 Å². The number of hydrogen-bond acceptors (Lipinski definition) is 1. The van der Waals surface area contributed by atoms with Crippen LogP contribution in [0.1, 0.15) is 0 Å². The molecule has 0 fully saturated rings. The summed E-state index contributed by atoms with van der Waals surface area (Å²) in [5.74, 6) is 0.724. The Balaban J connectivity index is 2.54. The Morgan fingerprint density at radius 1 is 1.07 bits per heavy atom. The van der Waals surface area contributed by atoms with E-state index in [0.717, 1.165) is 11.4 Å². The van der Waals surface area contributed by atoms with Crippen LogP contribution in [-0.4, -0.2) is 9.55 Å². The number of benzene rings is 1. The molecule has 0 bridgehead atoms. The molecule has 1 heterocycles. The number of rotatable bonds is 1. The van der Waals surface area contributed by atoms with Gasteiger partial charge in [-0.05, 0) is 24.3 Å². The lowest BCUT2D eigenvalue weighted by Gasteiger charge is -2.01. The van der Waals surface area contributed by atoms with Gasteiger partial charge in [0.05, 0.1) is 0 Å². The normalized spacial score (nSPS) is 10.7. The monoisotopic (exact) mass is 260 g/mol. The zero-order chi connectivity index (χ0) is 11.0. The molecule has 2 aromatic rings. The maximum atomic E-state index is 5.92. The van der Waals surface area contributed by atoms with Gasteiger partial charge in [-0.3, -0.25) is 0 Å². The minimum absolute atomic E-state index is 0.309. The van der Waals surface area contributed by atoms with Crippen molar-refractivity contribution in [3.05, 3.63) is 39.6 Å². The Kier molecular flexibility index (Phi) is 2.91. The van der Waals surface area contributed by atoms with Crippen molar-refractivity contribution in [2.45, 2.75) is 0 Å². The highest BCUT2D eigenvalue weighted by molar-refractivity contribution is 6.40. The molecule has 15 heavy (non-hydrogen) atoms. The van der Waals surface area contributed by atoms with E-state index in [9.17, 15) is 0 Å². The van der Waals surface area contributed by atoms with Crippen molar-refractivity contribution in [1.29, 1.82) is 0 Å². The third kappa shape index (κ3) is 1.98. The molecule has 0 radical (unpaired) electrons. The highest BCUT2D eigenvalue weighted by Gasteiger charge is 2.12. The van der Waals surface area contributed by atoms with Gasteiger partial charge in [0.25, 0.3) is 0 Å². The summed E-state index contributed by atoms with van der Waals surface area (Å²) in [5, 5.41) is 1.43. The minimum atomic E-state index is 0.309. The van der Waals surface area contributed by atoms with Gasteiger partial charge in [-0.15, -0.1) is 0 Å². The summed E-state index contributed by atoms with van der Waals surface area (Å²) in [6.45, 7) is 0. The van der Waals surface area contributed by atoms with Crippen LogP contribution in [0.2, 0.25) is 15.3 Å². The lowest BCUT2D eigenvalue weighted by atomic mass is 10.2. The van der Waals surface area contributed by atoms with Gasteiger partial charge in [-0.2, -0.15) is 0 Å². The minimum Gasteiger partial charge on any atom is -0.317 e.